The molecule has 1 amide bonds. The third-order valence-electron chi connectivity index (χ3n) is 3.52. The minimum absolute atomic E-state index is 0.147. The van der Waals surface area contributed by atoms with Crippen LogP contribution in [0.5, 0.6) is 0 Å². The van der Waals surface area contributed by atoms with Gasteiger partial charge in [0.1, 0.15) is 0 Å². The van der Waals surface area contributed by atoms with Crippen LogP contribution in [0, 0.1) is 17.8 Å². The summed E-state index contributed by atoms with van der Waals surface area (Å²) in [4.78, 5) is 11.8. The average molecular weight is 212 g/mol. The average Bonchev–Trinajstić information content (AvgIpc) is 2.63. The Labute approximate surface area is 90.8 Å². The van der Waals surface area contributed by atoms with Gasteiger partial charge in [-0.3, -0.25) is 4.79 Å². The maximum atomic E-state index is 11.8. The molecule has 2 aliphatic rings. The van der Waals surface area contributed by atoms with Crippen molar-refractivity contribution in [3.63, 3.8) is 0 Å². The first kappa shape index (κ1) is 10.9. The Morgan fingerprint density at radius 1 is 1.60 bits per heavy atom. The molecule has 2 heterocycles. The summed E-state index contributed by atoms with van der Waals surface area (Å²) in [7, 11) is 0. The number of hydrogen-bond donors (Lipinski definition) is 2. The molecule has 0 radical (unpaired) electrons. The molecule has 15 heavy (non-hydrogen) atoms. The fourth-order valence-electron chi connectivity index (χ4n) is 2.03. The molecule has 0 aromatic heterocycles. The molecule has 0 aliphatic carbocycles. The first-order valence-electron chi connectivity index (χ1n) is 5.83. The largest absolute Gasteiger partial charge is 0.381 e. The molecule has 4 heteroatoms. The van der Waals surface area contributed by atoms with Crippen LogP contribution in [0.3, 0.4) is 0 Å². The van der Waals surface area contributed by atoms with E-state index in [0.717, 1.165) is 39.3 Å². The van der Waals surface area contributed by atoms with Crippen LogP contribution in [0.25, 0.3) is 0 Å². The Kier molecular flexibility index (Phi) is 3.59. The van der Waals surface area contributed by atoms with Crippen molar-refractivity contribution in [2.24, 2.45) is 17.8 Å². The van der Waals surface area contributed by atoms with Gasteiger partial charge in [-0.15, -0.1) is 0 Å². The Morgan fingerprint density at radius 2 is 2.40 bits per heavy atom. The molecule has 0 spiro atoms. The number of hydrogen-bond acceptors (Lipinski definition) is 3. The zero-order valence-electron chi connectivity index (χ0n) is 9.29. The quantitative estimate of drug-likeness (QED) is 0.689. The summed E-state index contributed by atoms with van der Waals surface area (Å²) >= 11 is 0. The number of carbonyl (C=O) groups is 1. The van der Waals surface area contributed by atoms with E-state index in [4.69, 9.17) is 4.74 Å². The minimum atomic E-state index is 0.147. The number of ether oxygens (including phenoxy) is 1. The molecule has 86 valence electrons. The fourth-order valence-corrected chi connectivity index (χ4v) is 2.03. The van der Waals surface area contributed by atoms with Crippen LogP contribution in [-0.2, 0) is 9.53 Å². The molecule has 2 fully saturated rings. The fraction of sp³-hybridized carbons (Fsp3) is 0.909. The lowest BCUT2D eigenvalue weighted by atomic mass is 9.88. The summed E-state index contributed by atoms with van der Waals surface area (Å²) in [6, 6.07) is 0. The van der Waals surface area contributed by atoms with Crippen LogP contribution in [0.4, 0.5) is 0 Å². The molecule has 2 N–H and O–H groups in total. The number of carbonyl (C=O) groups excluding carboxylic acids is 1. The summed E-state index contributed by atoms with van der Waals surface area (Å²) in [6.07, 6.45) is 1.08. The van der Waals surface area contributed by atoms with E-state index in [1.807, 2.05) is 6.92 Å². The summed E-state index contributed by atoms with van der Waals surface area (Å²) in [5.41, 5.74) is 0. The predicted molar refractivity (Wildman–Crippen MR) is 57.5 cm³/mol. The molecule has 2 rings (SSSR count). The number of amides is 1. The van der Waals surface area contributed by atoms with Crippen LogP contribution < -0.4 is 10.6 Å². The molecule has 2 aliphatic heterocycles. The van der Waals surface area contributed by atoms with E-state index in [-0.39, 0.29) is 11.8 Å². The first-order valence-corrected chi connectivity index (χ1v) is 5.83. The van der Waals surface area contributed by atoms with E-state index in [0.29, 0.717) is 11.8 Å². The van der Waals surface area contributed by atoms with Gasteiger partial charge in [0.25, 0.3) is 0 Å². The maximum absolute atomic E-state index is 11.8. The van der Waals surface area contributed by atoms with E-state index < -0.39 is 0 Å². The highest BCUT2D eigenvalue weighted by Gasteiger charge is 2.29. The summed E-state index contributed by atoms with van der Waals surface area (Å²) < 4.78 is 5.27. The van der Waals surface area contributed by atoms with Crippen LogP contribution in [0.15, 0.2) is 0 Å². The van der Waals surface area contributed by atoms with Crippen LogP contribution >= 0.6 is 0 Å². The summed E-state index contributed by atoms with van der Waals surface area (Å²) in [6.45, 7) is 6.43. The van der Waals surface area contributed by atoms with Crippen molar-refractivity contribution in [3.8, 4) is 0 Å². The van der Waals surface area contributed by atoms with Gasteiger partial charge in [-0.25, -0.2) is 0 Å². The molecule has 2 unspecified atom stereocenters. The van der Waals surface area contributed by atoms with Crippen molar-refractivity contribution >= 4 is 5.91 Å². The lowest BCUT2D eigenvalue weighted by molar-refractivity contribution is -0.126. The molecule has 0 aromatic carbocycles. The Balaban J connectivity index is 1.66. The van der Waals surface area contributed by atoms with E-state index >= 15 is 0 Å². The number of nitrogens with one attached hydrogen (secondary N) is 2. The van der Waals surface area contributed by atoms with Crippen LogP contribution in [0.2, 0.25) is 0 Å². The maximum Gasteiger partial charge on any atom is 0.223 e. The van der Waals surface area contributed by atoms with Gasteiger partial charge >= 0.3 is 0 Å². The van der Waals surface area contributed by atoms with Crippen molar-refractivity contribution in [1.82, 2.24) is 10.6 Å². The van der Waals surface area contributed by atoms with Gasteiger partial charge in [-0.05, 0) is 25.4 Å². The molecule has 0 bridgehead atoms. The topological polar surface area (TPSA) is 50.4 Å². The Bertz CT molecular complexity index is 223. The van der Waals surface area contributed by atoms with Gasteiger partial charge in [0.15, 0.2) is 0 Å². The molecule has 0 saturated carbocycles. The van der Waals surface area contributed by atoms with Crippen molar-refractivity contribution in [2.45, 2.75) is 13.3 Å². The van der Waals surface area contributed by atoms with Crippen molar-refractivity contribution in [1.29, 1.82) is 0 Å². The second-order valence-electron chi connectivity index (χ2n) is 4.68. The minimum Gasteiger partial charge on any atom is -0.381 e. The molecular weight excluding hydrogens is 192 g/mol. The third kappa shape index (κ3) is 2.69. The first-order chi connectivity index (χ1) is 7.27. The van der Waals surface area contributed by atoms with Crippen molar-refractivity contribution < 1.29 is 9.53 Å². The zero-order valence-corrected chi connectivity index (χ0v) is 9.29. The zero-order chi connectivity index (χ0) is 10.7. The van der Waals surface area contributed by atoms with Crippen molar-refractivity contribution in [3.05, 3.63) is 0 Å². The molecule has 4 nitrogen and oxygen atoms in total. The smallest absolute Gasteiger partial charge is 0.223 e. The predicted octanol–water partition coefficient (Wildman–Crippen LogP) is -0.00540. The number of rotatable bonds is 4. The molecule has 2 atom stereocenters. The van der Waals surface area contributed by atoms with Gasteiger partial charge in [-0.1, -0.05) is 6.92 Å². The molecule has 0 aromatic rings. The highest BCUT2D eigenvalue weighted by Crippen LogP contribution is 2.16. The third-order valence-corrected chi connectivity index (χ3v) is 3.52. The SMILES string of the molecule is CC(C(=O)NCC1CCOC1)C1CNC1. The highest BCUT2D eigenvalue weighted by atomic mass is 16.5. The standard InChI is InChI=1S/C11H20N2O2/c1-8(10-5-12-6-10)11(14)13-4-9-2-3-15-7-9/h8-10,12H,2-7H2,1H3,(H,13,14). The second-order valence-corrected chi connectivity index (χ2v) is 4.68. The van der Waals surface area contributed by atoms with Gasteiger partial charge in [-0.2, -0.15) is 0 Å². The normalized spacial score (nSPS) is 28.5. The lowest BCUT2D eigenvalue weighted by Crippen LogP contribution is -2.50. The second kappa shape index (κ2) is 4.94. The lowest BCUT2D eigenvalue weighted by Gasteiger charge is -2.31. The Hall–Kier alpha value is -0.610. The molecular formula is C11H20N2O2. The van der Waals surface area contributed by atoms with Crippen LogP contribution in [0.1, 0.15) is 13.3 Å². The van der Waals surface area contributed by atoms with Crippen molar-refractivity contribution in [2.75, 3.05) is 32.8 Å². The van der Waals surface area contributed by atoms with Gasteiger partial charge in [0, 0.05) is 25.0 Å². The highest BCUT2D eigenvalue weighted by molar-refractivity contribution is 5.78. The van der Waals surface area contributed by atoms with E-state index in [1.165, 1.54) is 0 Å². The van der Waals surface area contributed by atoms with Gasteiger partial charge in [0.2, 0.25) is 5.91 Å². The van der Waals surface area contributed by atoms with Gasteiger partial charge < -0.3 is 15.4 Å². The molecule has 2 saturated heterocycles. The van der Waals surface area contributed by atoms with E-state index in [9.17, 15) is 4.79 Å². The summed E-state index contributed by atoms with van der Waals surface area (Å²) in [5, 5.41) is 6.22. The van der Waals surface area contributed by atoms with E-state index in [1.54, 1.807) is 0 Å². The van der Waals surface area contributed by atoms with E-state index in [2.05, 4.69) is 10.6 Å². The monoisotopic (exact) mass is 212 g/mol. The Morgan fingerprint density at radius 3 is 2.93 bits per heavy atom. The summed E-state index contributed by atoms with van der Waals surface area (Å²) in [5.74, 6) is 1.41. The van der Waals surface area contributed by atoms with Gasteiger partial charge in [0.05, 0.1) is 6.61 Å². The van der Waals surface area contributed by atoms with Crippen LogP contribution in [-0.4, -0.2) is 38.8 Å².